The van der Waals surface area contributed by atoms with Crippen molar-refractivity contribution in [2.75, 3.05) is 11.1 Å². The van der Waals surface area contributed by atoms with E-state index in [1.807, 2.05) is 23.9 Å². The highest BCUT2D eigenvalue weighted by Gasteiger charge is 2.16. The van der Waals surface area contributed by atoms with Crippen molar-refractivity contribution in [2.24, 2.45) is 7.05 Å². The third kappa shape index (κ3) is 3.39. The number of ether oxygens (including phenoxy) is 1. The molecule has 0 aliphatic heterocycles. The first kappa shape index (κ1) is 16.8. The minimum Gasteiger partial charge on any atom is -0.424 e. The molecule has 9 nitrogen and oxygen atoms in total. The molecule has 3 aromatic heterocycles. The largest absolute Gasteiger partial charge is 0.424 e. The molecule has 9 heteroatoms. The lowest BCUT2D eigenvalue weighted by molar-refractivity contribution is 0.444. The Morgan fingerprint density at radius 3 is 2.78 bits per heavy atom. The van der Waals surface area contributed by atoms with Crippen LogP contribution in [0.4, 0.5) is 17.2 Å². The molecule has 0 unspecified atom stereocenters. The summed E-state index contributed by atoms with van der Waals surface area (Å²) < 4.78 is 9.53. The molecule has 0 aliphatic carbocycles. The number of anilines is 3. The fourth-order valence-corrected chi connectivity index (χ4v) is 2.71. The predicted octanol–water partition coefficient (Wildman–Crippen LogP) is 3.26. The normalized spacial score (nSPS) is 11.3. The molecule has 0 atom stereocenters. The van der Waals surface area contributed by atoms with Crippen molar-refractivity contribution in [2.45, 2.75) is 19.9 Å². The van der Waals surface area contributed by atoms with Gasteiger partial charge in [0.05, 0.1) is 18.2 Å². The SMILES string of the molecule is CC(C)n1cnc2c(Nc3cnn(C)c3)nc(Oc3cccc(N)c3)nc21. The minimum absolute atomic E-state index is 0.191. The molecule has 3 N–H and O–H groups in total. The summed E-state index contributed by atoms with van der Waals surface area (Å²) in [6.07, 6.45) is 5.32. The molecular formula is C18H20N8O. The number of nitrogen functional groups attached to an aromatic ring is 1. The molecule has 0 fully saturated rings. The molecule has 4 aromatic rings. The number of hydrogen-bond acceptors (Lipinski definition) is 7. The van der Waals surface area contributed by atoms with Gasteiger partial charge in [-0.2, -0.15) is 15.1 Å². The van der Waals surface area contributed by atoms with Crippen LogP contribution in [-0.2, 0) is 7.05 Å². The van der Waals surface area contributed by atoms with Crippen molar-refractivity contribution < 1.29 is 4.74 Å². The zero-order chi connectivity index (χ0) is 19.0. The summed E-state index contributed by atoms with van der Waals surface area (Å²) in [6, 6.07) is 7.54. The maximum atomic E-state index is 5.85. The van der Waals surface area contributed by atoms with Gasteiger partial charge in [0, 0.05) is 31.0 Å². The van der Waals surface area contributed by atoms with Crippen molar-refractivity contribution in [3.63, 3.8) is 0 Å². The second kappa shape index (κ2) is 6.60. The van der Waals surface area contributed by atoms with Gasteiger partial charge in [0.2, 0.25) is 0 Å². The van der Waals surface area contributed by atoms with Crippen LogP contribution in [0.15, 0.2) is 43.0 Å². The summed E-state index contributed by atoms with van der Waals surface area (Å²) in [5, 5.41) is 7.41. The zero-order valence-electron chi connectivity index (χ0n) is 15.3. The summed E-state index contributed by atoms with van der Waals surface area (Å²) in [4.78, 5) is 13.5. The Balaban J connectivity index is 1.79. The Bertz CT molecular complexity index is 1100. The van der Waals surface area contributed by atoms with E-state index in [0.29, 0.717) is 28.4 Å². The van der Waals surface area contributed by atoms with Gasteiger partial charge in [0.1, 0.15) is 5.75 Å². The molecule has 27 heavy (non-hydrogen) atoms. The topological polar surface area (TPSA) is 109 Å². The molecule has 1 aromatic carbocycles. The van der Waals surface area contributed by atoms with Gasteiger partial charge < -0.3 is 20.4 Å². The number of benzene rings is 1. The van der Waals surface area contributed by atoms with E-state index in [-0.39, 0.29) is 12.1 Å². The Hall–Kier alpha value is -3.62. The van der Waals surface area contributed by atoms with Gasteiger partial charge in [0.25, 0.3) is 0 Å². The molecular weight excluding hydrogens is 344 g/mol. The molecule has 0 spiro atoms. The number of fused-ring (bicyclic) bond motifs is 1. The maximum absolute atomic E-state index is 5.85. The van der Waals surface area contributed by atoms with E-state index >= 15 is 0 Å². The van der Waals surface area contributed by atoms with Gasteiger partial charge in [-0.15, -0.1) is 0 Å². The Kier molecular flexibility index (Phi) is 4.11. The van der Waals surface area contributed by atoms with Gasteiger partial charge in [-0.05, 0) is 26.0 Å². The molecule has 0 bridgehead atoms. The summed E-state index contributed by atoms with van der Waals surface area (Å²) in [7, 11) is 1.85. The fraction of sp³-hybridized carbons (Fsp3) is 0.222. The van der Waals surface area contributed by atoms with Crippen molar-refractivity contribution in [3.8, 4) is 11.8 Å². The van der Waals surface area contributed by atoms with Gasteiger partial charge >= 0.3 is 6.01 Å². The van der Waals surface area contributed by atoms with E-state index in [2.05, 4.69) is 39.2 Å². The molecule has 0 saturated heterocycles. The van der Waals surface area contributed by atoms with E-state index in [0.717, 1.165) is 5.69 Å². The van der Waals surface area contributed by atoms with Crippen molar-refractivity contribution >= 4 is 28.4 Å². The maximum Gasteiger partial charge on any atom is 0.326 e. The van der Waals surface area contributed by atoms with Crippen LogP contribution in [0.5, 0.6) is 11.8 Å². The van der Waals surface area contributed by atoms with Crippen LogP contribution in [0.1, 0.15) is 19.9 Å². The molecule has 138 valence electrons. The van der Waals surface area contributed by atoms with Crippen LogP contribution >= 0.6 is 0 Å². The lowest BCUT2D eigenvalue weighted by Crippen LogP contribution is -2.03. The first-order chi connectivity index (χ1) is 13.0. The lowest BCUT2D eigenvalue weighted by atomic mass is 10.3. The summed E-state index contributed by atoms with van der Waals surface area (Å²) in [6.45, 7) is 4.13. The quantitative estimate of drug-likeness (QED) is 0.523. The number of imidazole rings is 1. The Labute approximate surface area is 155 Å². The Morgan fingerprint density at radius 1 is 1.22 bits per heavy atom. The molecule has 3 heterocycles. The minimum atomic E-state index is 0.191. The Morgan fingerprint density at radius 2 is 2.07 bits per heavy atom. The monoisotopic (exact) mass is 364 g/mol. The summed E-state index contributed by atoms with van der Waals surface area (Å²) in [5.41, 5.74) is 8.58. The van der Waals surface area contributed by atoms with Crippen LogP contribution in [0.2, 0.25) is 0 Å². The number of aryl methyl sites for hydroxylation is 1. The van der Waals surface area contributed by atoms with Crippen LogP contribution in [0.25, 0.3) is 11.2 Å². The van der Waals surface area contributed by atoms with E-state index in [1.165, 1.54) is 0 Å². The van der Waals surface area contributed by atoms with E-state index < -0.39 is 0 Å². The predicted molar refractivity (Wildman–Crippen MR) is 103 cm³/mol. The second-order valence-electron chi connectivity index (χ2n) is 6.47. The fourth-order valence-electron chi connectivity index (χ4n) is 2.71. The number of nitrogens with zero attached hydrogens (tertiary/aromatic N) is 6. The number of aromatic nitrogens is 6. The second-order valence-corrected chi connectivity index (χ2v) is 6.47. The lowest BCUT2D eigenvalue weighted by Gasteiger charge is -2.11. The van der Waals surface area contributed by atoms with Gasteiger partial charge in [0.15, 0.2) is 17.0 Å². The van der Waals surface area contributed by atoms with Crippen molar-refractivity contribution in [1.82, 2.24) is 29.3 Å². The standard InChI is InChI=1S/C18H20N8O/c1-11(2)26-10-20-15-16(22-13-8-21-25(3)9-13)23-18(24-17(15)26)27-14-6-4-5-12(19)7-14/h4-11H,19H2,1-3H3,(H,22,23,24). The van der Waals surface area contributed by atoms with Gasteiger partial charge in [-0.1, -0.05) is 6.07 Å². The van der Waals surface area contributed by atoms with Crippen LogP contribution in [-0.4, -0.2) is 29.3 Å². The number of nitrogens with one attached hydrogen (secondary N) is 1. The first-order valence-electron chi connectivity index (χ1n) is 8.53. The smallest absolute Gasteiger partial charge is 0.326 e. The average Bonchev–Trinajstić information content (AvgIpc) is 3.21. The van der Waals surface area contributed by atoms with Crippen molar-refractivity contribution in [1.29, 1.82) is 0 Å². The summed E-state index contributed by atoms with van der Waals surface area (Å²) >= 11 is 0. The third-order valence-corrected chi connectivity index (χ3v) is 3.99. The molecule has 4 rings (SSSR count). The number of hydrogen-bond donors (Lipinski definition) is 2. The van der Waals surface area contributed by atoms with E-state index in [1.54, 1.807) is 35.4 Å². The molecule has 0 saturated carbocycles. The zero-order valence-corrected chi connectivity index (χ0v) is 15.3. The van der Waals surface area contributed by atoms with Gasteiger partial charge in [-0.25, -0.2) is 4.98 Å². The molecule has 0 amide bonds. The van der Waals surface area contributed by atoms with Crippen LogP contribution in [0.3, 0.4) is 0 Å². The number of nitrogens with two attached hydrogens (primary N) is 1. The highest BCUT2D eigenvalue weighted by Crippen LogP contribution is 2.28. The average molecular weight is 364 g/mol. The van der Waals surface area contributed by atoms with Crippen molar-refractivity contribution in [3.05, 3.63) is 43.0 Å². The number of rotatable bonds is 5. The third-order valence-electron chi connectivity index (χ3n) is 3.99. The van der Waals surface area contributed by atoms with E-state index in [9.17, 15) is 0 Å². The first-order valence-corrected chi connectivity index (χ1v) is 8.53. The molecule has 0 radical (unpaired) electrons. The summed E-state index contributed by atoms with van der Waals surface area (Å²) in [5.74, 6) is 1.11. The highest BCUT2D eigenvalue weighted by molar-refractivity contribution is 5.85. The van der Waals surface area contributed by atoms with Gasteiger partial charge in [-0.3, -0.25) is 4.68 Å². The van der Waals surface area contributed by atoms with Crippen LogP contribution in [0, 0.1) is 0 Å². The molecule has 0 aliphatic rings. The van der Waals surface area contributed by atoms with Crippen LogP contribution < -0.4 is 15.8 Å². The van der Waals surface area contributed by atoms with E-state index in [4.69, 9.17) is 10.5 Å². The highest BCUT2D eigenvalue weighted by atomic mass is 16.5.